The molecule has 2 N–H and O–H groups in total. The van der Waals surface area contributed by atoms with Crippen LogP contribution < -0.4 is 5.32 Å². The molecule has 0 radical (unpaired) electrons. The summed E-state index contributed by atoms with van der Waals surface area (Å²) in [5, 5.41) is 11.3. The van der Waals surface area contributed by atoms with E-state index in [2.05, 4.69) is 21.2 Å². The van der Waals surface area contributed by atoms with Gasteiger partial charge in [-0.2, -0.15) is 0 Å². The second-order valence-corrected chi connectivity index (χ2v) is 4.72. The molecule has 1 rings (SSSR count). The predicted octanol–water partition coefficient (Wildman–Crippen LogP) is 1.81. The number of aliphatic carboxylic acids is 1. The maximum Gasteiger partial charge on any atom is 0.326 e. The fourth-order valence-corrected chi connectivity index (χ4v) is 1.88. The molecule has 0 aliphatic rings. The van der Waals surface area contributed by atoms with Gasteiger partial charge in [0.25, 0.3) is 5.91 Å². The number of carboxylic acid groups (broad SMARTS) is 1. The quantitative estimate of drug-likeness (QED) is 0.832. The predicted molar refractivity (Wildman–Crippen MR) is 69.5 cm³/mol. The fourth-order valence-electron chi connectivity index (χ4n) is 1.42. The summed E-state index contributed by atoms with van der Waals surface area (Å²) in [5.41, 5.74) is 0.0514. The Hall–Kier alpha value is -1.47. The van der Waals surface area contributed by atoms with E-state index >= 15 is 0 Å². The summed E-state index contributed by atoms with van der Waals surface area (Å²) < 4.78 is 18.3. The van der Waals surface area contributed by atoms with Crippen LogP contribution in [0, 0.1) is 5.82 Å². The molecule has 0 aliphatic heterocycles. The number of halogens is 2. The molecule has 1 atom stereocenters. The minimum atomic E-state index is -1.17. The Balaban J connectivity index is 2.78. The van der Waals surface area contributed by atoms with Crippen molar-refractivity contribution >= 4 is 27.8 Å². The third kappa shape index (κ3) is 4.96. The largest absolute Gasteiger partial charge is 0.480 e. The number of carbonyl (C=O) groups excluding carboxylic acids is 1. The van der Waals surface area contributed by atoms with Crippen LogP contribution in [0.25, 0.3) is 0 Å². The van der Waals surface area contributed by atoms with Gasteiger partial charge in [-0.3, -0.25) is 4.79 Å². The summed E-state index contributed by atoms with van der Waals surface area (Å²) in [7, 11) is 1.43. The van der Waals surface area contributed by atoms with Crippen LogP contribution in [0.2, 0.25) is 0 Å². The molecule has 1 amide bonds. The highest BCUT2D eigenvalue weighted by molar-refractivity contribution is 9.10. The topological polar surface area (TPSA) is 75.6 Å². The van der Waals surface area contributed by atoms with Gasteiger partial charge in [0.2, 0.25) is 0 Å². The zero-order valence-electron chi connectivity index (χ0n) is 10.2. The molecule has 5 nitrogen and oxygen atoms in total. The van der Waals surface area contributed by atoms with E-state index in [-0.39, 0.29) is 18.6 Å². The number of nitrogens with one attached hydrogen (secondary N) is 1. The van der Waals surface area contributed by atoms with E-state index in [0.717, 1.165) is 6.07 Å². The zero-order valence-corrected chi connectivity index (χ0v) is 11.7. The average Bonchev–Trinajstić information content (AvgIpc) is 2.32. The molecule has 0 fully saturated rings. The number of hydrogen-bond acceptors (Lipinski definition) is 3. The van der Waals surface area contributed by atoms with E-state index < -0.39 is 23.7 Å². The molecule has 0 saturated carbocycles. The van der Waals surface area contributed by atoms with E-state index in [1.54, 1.807) is 0 Å². The van der Waals surface area contributed by atoms with Crippen LogP contribution in [0.3, 0.4) is 0 Å². The van der Waals surface area contributed by atoms with Crippen LogP contribution in [0.1, 0.15) is 16.8 Å². The summed E-state index contributed by atoms with van der Waals surface area (Å²) >= 11 is 3.06. The number of carbonyl (C=O) groups is 2. The Bertz CT molecular complexity index is 461. The van der Waals surface area contributed by atoms with Crippen molar-refractivity contribution in [2.24, 2.45) is 0 Å². The minimum absolute atomic E-state index is 0.0514. The highest BCUT2D eigenvalue weighted by atomic mass is 79.9. The van der Waals surface area contributed by atoms with Crippen LogP contribution in [-0.4, -0.2) is 36.7 Å². The third-order valence-corrected chi connectivity index (χ3v) is 2.80. The van der Waals surface area contributed by atoms with Gasteiger partial charge in [-0.1, -0.05) is 15.9 Å². The number of ether oxygens (including phenoxy) is 1. The molecular formula is C12H13BrFNO4. The molecule has 19 heavy (non-hydrogen) atoms. The van der Waals surface area contributed by atoms with Crippen molar-refractivity contribution < 1.29 is 23.8 Å². The highest BCUT2D eigenvalue weighted by Gasteiger charge is 2.20. The number of amides is 1. The summed E-state index contributed by atoms with van der Waals surface area (Å²) in [6, 6.07) is 2.58. The van der Waals surface area contributed by atoms with Gasteiger partial charge >= 0.3 is 5.97 Å². The molecule has 0 aromatic heterocycles. The Morgan fingerprint density at radius 3 is 2.68 bits per heavy atom. The minimum Gasteiger partial charge on any atom is -0.480 e. The fraction of sp³-hybridized carbons (Fsp3) is 0.333. The summed E-state index contributed by atoms with van der Waals surface area (Å²) in [6.45, 7) is 0.199. The van der Waals surface area contributed by atoms with Gasteiger partial charge < -0.3 is 15.2 Å². The second-order valence-electron chi connectivity index (χ2n) is 3.80. The van der Waals surface area contributed by atoms with Gasteiger partial charge in [0.15, 0.2) is 0 Å². The monoisotopic (exact) mass is 333 g/mol. The lowest BCUT2D eigenvalue weighted by atomic mass is 10.1. The Kier molecular flexibility index (Phi) is 5.91. The van der Waals surface area contributed by atoms with Crippen molar-refractivity contribution in [1.29, 1.82) is 0 Å². The zero-order chi connectivity index (χ0) is 14.4. The van der Waals surface area contributed by atoms with Crippen molar-refractivity contribution in [3.05, 3.63) is 34.1 Å². The smallest absolute Gasteiger partial charge is 0.326 e. The molecule has 0 aliphatic carbocycles. The molecule has 0 spiro atoms. The lowest BCUT2D eigenvalue weighted by Gasteiger charge is -2.14. The van der Waals surface area contributed by atoms with Gasteiger partial charge in [-0.25, -0.2) is 9.18 Å². The number of methoxy groups -OCH3 is 1. The molecule has 7 heteroatoms. The van der Waals surface area contributed by atoms with Gasteiger partial charge in [-0.05, 0) is 18.2 Å². The average molecular weight is 334 g/mol. The van der Waals surface area contributed by atoms with E-state index in [9.17, 15) is 14.0 Å². The standard InChI is InChI=1S/C12H13BrFNO4/c1-19-3-2-10(12(17)18)15-11(16)7-4-8(13)6-9(14)5-7/h4-6,10H,2-3H2,1H3,(H,15,16)(H,17,18). The van der Waals surface area contributed by atoms with Crippen molar-refractivity contribution in [1.82, 2.24) is 5.32 Å². The number of rotatable bonds is 6. The van der Waals surface area contributed by atoms with Gasteiger partial charge in [-0.15, -0.1) is 0 Å². The number of carboxylic acids is 1. The molecular weight excluding hydrogens is 321 g/mol. The van der Waals surface area contributed by atoms with Crippen LogP contribution in [0.4, 0.5) is 4.39 Å². The second kappa shape index (κ2) is 7.20. The third-order valence-electron chi connectivity index (χ3n) is 2.34. The first-order chi connectivity index (χ1) is 8.93. The highest BCUT2D eigenvalue weighted by Crippen LogP contribution is 2.15. The van der Waals surface area contributed by atoms with Crippen LogP contribution in [0.15, 0.2) is 22.7 Å². The Morgan fingerprint density at radius 1 is 1.47 bits per heavy atom. The first-order valence-corrected chi connectivity index (χ1v) is 6.22. The molecule has 0 bridgehead atoms. The van der Waals surface area contributed by atoms with Crippen molar-refractivity contribution in [3.8, 4) is 0 Å². The molecule has 0 saturated heterocycles. The van der Waals surface area contributed by atoms with Crippen molar-refractivity contribution in [3.63, 3.8) is 0 Å². The molecule has 104 valence electrons. The normalized spacial score (nSPS) is 11.9. The van der Waals surface area contributed by atoms with E-state index in [0.29, 0.717) is 4.47 Å². The molecule has 1 aromatic rings. The number of benzene rings is 1. The van der Waals surface area contributed by atoms with Gasteiger partial charge in [0.1, 0.15) is 11.9 Å². The van der Waals surface area contributed by atoms with Crippen LogP contribution in [-0.2, 0) is 9.53 Å². The Labute approximate surface area is 117 Å². The van der Waals surface area contributed by atoms with E-state index in [1.807, 2.05) is 0 Å². The number of hydrogen-bond donors (Lipinski definition) is 2. The van der Waals surface area contributed by atoms with E-state index in [4.69, 9.17) is 9.84 Å². The lowest BCUT2D eigenvalue weighted by molar-refractivity contribution is -0.139. The SMILES string of the molecule is COCCC(NC(=O)c1cc(F)cc(Br)c1)C(=O)O. The molecule has 1 unspecified atom stereocenters. The van der Waals surface area contributed by atoms with Crippen molar-refractivity contribution in [2.45, 2.75) is 12.5 Å². The lowest BCUT2D eigenvalue weighted by Crippen LogP contribution is -2.41. The van der Waals surface area contributed by atoms with Gasteiger partial charge in [0, 0.05) is 30.2 Å². The molecule has 1 aromatic carbocycles. The first kappa shape index (κ1) is 15.6. The van der Waals surface area contributed by atoms with E-state index in [1.165, 1.54) is 19.2 Å². The summed E-state index contributed by atoms with van der Waals surface area (Å²) in [4.78, 5) is 22.8. The maximum absolute atomic E-state index is 13.1. The van der Waals surface area contributed by atoms with Crippen LogP contribution in [0.5, 0.6) is 0 Å². The molecule has 0 heterocycles. The van der Waals surface area contributed by atoms with Crippen molar-refractivity contribution in [2.75, 3.05) is 13.7 Å². The van der Waals surface area contributed by atoms with Gasteiger partial charge in [0.05, 0.1) is 0 Å². The summed E-state index contributed by atoms with van der Waals surface area (Å²) in [5.74, 6) is -2.40. The summed E-state index contributed by atoms with van der Waals surface area (Å²) in [6.07, 6.45) is 0.133. The Morgan fingerprint density at radius 2 is 2.16 bits per heavy atom. The van der Waals surface area contributed by atoms with Crippen LogP contribution >= 0.6 is 15.9 Å². The maximum atomic E-state index is 13.1. The first-order valence-electron chi connectivity index (χ1n) is 5.42.